The summed E-state index contributed by atoms with van der Waals surface area (Å²) in [5.41, 5.74) is 0.829. The Hall–Kier alpha value is -1.33. The quantitative estimate of drug-likeness (QED) is 0.666. The van der Waals surface area contributed by atoms with Crippen LogP contribution in [0.15, 0.2) is 24.3 Å². The minimum absolute atomic E-state index is 0.0525. The van der Waals surface area contributed by atoms with Gasteiger partial charge in [-0.05, 0) is 17.7 Å². The zero-order valence-electron chi connectivity index (χ0n) is 6.80. The first-order valence-electron chi connectivity index (χ1n) is 3.70. The van der Waals surface area contributed by atoms with Gasteiger partial charge in [0.05, 0.1) is 5.56 Å². The van der Waals surface area contributed by atoms with Crippen LogP contribution in [0.3, 0.4) is 0 Å². The van der Waals surface area contributed by atoms with Crippen molar-refractivity contribution in [3.8, 4) is 6.07 Å². The SMILES string of the molecule is N#Cc1cc(C=CCCl)ccc1F. The predicted molar refractivity (Wildman–Crippen MR) is 50.9 cm³/mol. The van der Waals surface area contributed by atoms with Crippen molar-refractivity contribution in [1.82, 2.24) is 0 Å². The Morgan fingerprint density at radius 1 is 1.54 bits per heavy atom. The molecule has 0 amide bonds. The minimum Gasteiger partial charge on any atom is -0.206 e. The van der Waals surface area contributed by atoms with Gasteiger partial charge in [0.15, 0.2) is 0 Å². The fourth-order valence-electron chi connectivity index (χ4n) is 0.913. The molecule has 0 heterocycles. The number of allylic oxidation sites excluding steroid dienone is 1. The molecule has 0 aliphatic carbocycles. The van der Waals surface area contributed by atoms with Crippen LogP contribution in [0.1, 0.15) is 11.1 Å². The van der Waals surface area contributed by atoms with Crippen LogP contribution in [-0.2, 0) is 0 Å². The highest BCUT2D eigenvalue weighted by atomic mass is 35.5. The minimum atomic E-state index is -0.495. The van der Waals surface area contributed by atoms with E-state index in [1.807, 2.05) is 0 Å². The van der Waals surface area contributed by atoms with Crippen molar-refractivity contribution in [2.45, 2.75) is 0 Å². The standard InChI is InChI=1S/C10H7ClFN/c11-5-1-2-8-3-4-10(12)9(6-8)7-13/h1-4,6H,5H2. The molecule has 3 heteroatoms. The number of rotatable bonds is 2. The Labute approximate surface area is 81.1 Å². The second kappa shape index (κ2) is 4.64. The first kappa shape index (κ1) is 9.76. The number of hydrogen-bond donors (Lipinski definition) is 0. The van der Waals surface area contributed by atoms with E-state index in [9.17, 15) is 4.39 Å². The van der Waals surface area contributed by atoms with Crippen molar-refractivity contribution in [3.05, 3.63) is 41.2 Å². The molecule has 1 aromatic rings. The van der Waals surface area contributed by atoms with Gasteiger partial charge in [-0.25, -0.2) is 4.39 Å². The highest BCUT2D eigenvalue weighted by molar-refractivity contribution is 6.19. The zero-order valence-corrected chi connectivity index (χ0v) is 7.55. The van der Waals surface area contributed by atoms with Crippen LogP contribution in [-0.4, -0.2) is 5.88 Å². The van der Waals surface area contributed by atoms with E-state index in [1.165, 1.54) is 12.1 Å². The highest BCUT2D eigenvalue weighted by Crippen LogP contribution is 2.10. The number of halogens is 2. The van der Waals surface area contributed by atoms with Crippen LogP contribution >= 0.6 is 11.6 Å². The molecule has 0 aromatic heterocycles. The molecule has 66 valence electrons. The summed E-state index contributed by atoms with van der Waals surface area (Å²) in [5.74, 6) is -0.0928. The summed E-state index contributed by atoms with van der Waals surface area (Å²) in [4.78, 5) is 0. The van der Waals surface area contributed by atoms with E-state index < -0.39 is 5.82 Å². The summed E-state index contributed by atoms with van der Waals surface area (Å²) >= 11 is 5.43. The lowest BCUT2D eigenvalue weighted by Gasteiger charge is -1.95. The van der Waals surface area contributed by atoms with Gasteiger partial charge in [0.25, 0.3) is 0 Å². The molecule has 0 saturated carbocycles. The molecule has 1 aromatic carbocycles. The first-order chi connectivity index (χ1) is 6.27. The summed E-state index contributed by atoms with van der Waals surface area (Å²) in [5, 5.41) is 8.53. The van der Waals surface area contributed by atoms with Gasteiger partial charge < -0.3 is 0 Å². The molecule has 0 radical (unpaired) electrons. The van der Waals surface area contributed by atoms with Crippen LogP contribution in [0.25, 0.3) is 6.08 Å². The van der Waals surface area contributed by atoms with Gasteiger partial charge in [-0.15, -0.1) is 11.6 Å². The predicted octanol–water partition coefficient (Wildman–Crippen LogP) is 2.95. The van der Waals surface area contributed by atoms with Gasteiger partial charge in [0, 0.05) is 5.88 Å². The second-order valence-corrected chi connectivity index (χ2v) is 2.72. The largest absolute Gasteiger partial charge is 0.206 e. The Bertz CT molecular complexity index is 366. The molecule has 0 N–H and O–H groups in total. The van der Waals surface area contributed by atoms with E-state index in [0.29, 0.717) is 5.88 Å². The van der Waals surface area contributed by atoms with Gasteiger partial charge in [-0.1, -0.05) is 18.2 Å². The van der Waals surface area contributed by atoms with E-state index in [2.05, 4.69) is 0 Å². The molecule has 13 heavy (non-hydrogen) atoms. The lowest BCUT2D eigenvalue weighted by molar-refractivity contribution is 0.624. The lowest BCUT2D eigenvalue weighted by atomic mass is 10.1. The normalized spacial score (nSPS) is 10.2. The first-order valence-corrected chi connectivity index (χ1v) is 4.23. The third-order valence-electron chi connectivity index (χ3n) is 1.51. The van der Waals surface area contributed by atoms with Crippen LogP contribution < -0.4 is 0 Å². The molecule has 0 atom stereocenters. The van der Waals surface area contributed by atoms with Gasteiger partial charge in [-0.2, -0.15) is 5.26 Å². The fraction of sp³-hybridized carbons (Fsp3) is 0.100. The average Bonchev–Trinajstić information content (AvgIpc) is 2.16. The second-order valence-electron chi connectivity index (χ2n) is 2.41. The number of benzene rings is 1. The summed E-state index contributed by atoms with van der Waals surface area (Å²) in [6.45, 7) is 0. The van der Waals surface area contributed by atoms with Crippen molar-refractivity contribution in [1.29, 1.82) is 5.26 Å². The monoisotopic (exact) mass is 195 g/mol. The van der Waals surface area contributed by atoms with Gasteiger partial charge >= 0.3 is 0 Å². The van der Waals surface area contributed by atoms with E-state index in [4.69, 9.17) is 16.9 Å². The highest BCUT2D eigenvalue weighted by Gasteiger charge is 1.99. The van der Waals surface area contributed by atoms with E-state index >= 15 is 0 Å². The Morgan fingerprint density at radius 3 is 2.92 bits per heavy atom. The zero-order chi connectivity index (χ0) is 9.68. The average molecular weight is 196 g/mol. The van der Waals surface area contributed by atoms with Crippen molar-refractivity contribution in [2.75, 3.05) is 5.88 Å². The third kappa shape index (κ3) is 2.57. The smallest absolute Gasteiger partial charge is 0.140 e. The Balaban J connectivity index is 3.01. The molecule has 0 aliphatic rings. The molecule has 0 unspecified atom stereocenters. The lowest BCUT2D eigenvalue weighted by Crippen LogP contribution is -1.83. The van der Waals surface area contributed by atoms with Crippen molar-refractivity contribution in [3.63, 3.8) is 0 Å². The maximum absolute atomic E-state index is 12.8. The van der Waals surface area contributed by atoms with E-state index in [-0.39, 0.29) is 5.56 Å². The maximum atomic E-state index is 12.8. The number of nitriles is 1. The number of alkyl halides is 1. The van der Waals surface area contributed by atoms with Gasteiger partial charge in [0.2, 0.25) is 0 Å². The third-order valence-corrected chi connectivity index (χ3v) is 1.69. The van der Waals surface area contributed by atoms with E-state index in [0.717, 1.165) is 5.56 Å². The summed E-state index contributed by atoms with van der Waals surface area (Å²) in [6, 6.07) is 6.12. The maximum Gasteiger partial charge on any atom is 0.140 e. The molecule has 1 rings (SSSR count). The van der Waals surface area contributed by atoms with Crippen molar-refractivity contribution >= 4 is 17.7 Å². The molecule has 0 bridgehead atoms. The summed E-state index contributed by atoms with van der Waals surface area (Å²) < 4.78 is 12.8. The van der Waals surface area contributed by atoms with Crippen LogP contribution in [0, 0.1) is 17.1 Å². The van der Waals surface area contributed by atoms with Crippen molar-refractivity contribution in [2.24, 2.45) is 0 Å². The molecule has 0 spiro atoms. The fourth-order valence-corrected chi connectivity index (χ4v) is 1.00. The molecule has 0 fully saturated rings. The number of hydrogen-bond acceptors (Lipinski definition) is 1. The Morgan fingerprint density at radius 2 is 2.31 bits per heavy atom. The molecular formula is C10H7ClFN. The van der Waals surface area contributed by atoms with Crippen molar-refractivity contribution < 1.29 is 4.39 Å². The van der Waals surface area contributed by atoms with Gasteiger partial charge in [0.1, 0.15) is 11.9 Å². The summed E-state index contributed by atoms with van der Waals surface area (Å²) in [7, 11) is 0. The molecule has 0 saturated heterocycles. The topological polar surface area (TPSA) is 23.8 Å². The molecule has 1 nitrogen and oxygen atoms in total. The van der Waals surface area contributed by atoms with Crippen LogP contribution in [0.5, 0.6) is 0 Å². The van der Waals surface area contributed by atoms with Crippen LogP contribution in [0.2, 0.25) is 0 Å². The van der Waals surface area contributed by atoms with Crippen LogP contribution in [0.4, 0.5) is 4.39 Å². The molecule has 0 aliphatic heterocycles. The molecular weight excluding hydrogens is 189 g/mol. The summed E-state index contributed by atoms with van der Waals surface area (Å²) in [6.07, 6.45) is 3.48. The number of nitrogens with zero attached hydrogens (tertiary/aromatic N) is 1. The van der Waals surface area contributed by atoms with E-state index in [1.54, 1.807) is 24.3 Å². The Kier molecular flexibility index (Phi) is 3.48. The van der Waals surface area contributed by atoms with Gasteiger partial charge in [-0.3, -0.25) is 0 Å².